The van der Waals surface area contributed by atoms with Gasteiger partial charge in [0, 0.05) is 39.8 Å². The first kappa shape index (κ1) is 20.5. The number of nitro benzene ring substituents is 1. The number of piperidine rings is 1. The zero-order chi connectivity index (χ0) is 20.5. The van der Waals surface area contributed by atoms with Crippen molar-refractivity contribution < 1.29 is 18.1 Å². The topological polar surface area (TPSA) is 104 Å². The Labute approximate surface area is 165 Å². The molecule has 1 amide bonds. The highest BCUT2D eigenvalue weighted by atomic mass is 32.2. The molecule has 0 spiro atoms. The number of amides is 1. The third-order valence-electron chi connectivity index (χ3n) is 5.38. The molecule has 3 rings (SSSR count). The third kappa shape index (κ3) is 3.83. The summed E-state index contributed by atoms with van der Waals surface area (Å²) in [6, 6.07) is 3.55. The third-order valence-corrected chi connectivity index (χ3v) is 7.28. The van der Waals surface area contributed by atoms with Crippen LogP contribution in [0.1, 0.15) is 32.1 Å². The minimum atomic E-state index is -3.77. The highest BCUT2D eigenvalue weighted by Crippen LogP contribution is 2.36. The molecule has 154 valence electrons. The fourth-order valence-electron chi connectivity index (χ4n) is 3.92. The largest absolute Gasteiger partial charge is 0.354 e. The van der Waals surface area contributed by atoms with Crippen LogP contribution in [0.3, 0.4) is 0 Å². The molecule has 28 heavy (non-hydrogen) atoms. The first-order valence-electron chi connectivity index (χ1n) is 9.50. The van der Waals surface area contributed by atoms with Gasteiger partial charge < -0.3 is 9.80 Å². The van der Waals surface area contributed by atoms with Crippen LogP contribution >= 0.6 is 0 Å². The molecule has 1 aromatic carbocycles. The summed E-state index contributed by atoms with van der Waals surface area (Å²) in [5, 5.41) is 11.7. The highest BCUT2D eigenvalue weighted by molar-refractivity contribution is 7.89. The van der Waals surface area contributed by atoms with E-state index in [0.717, 1.165) is 31.7 Å². The predicted molar refractivity (Wildman–Crippen MR) is 105 cm³/mol. The maximum atomic E-state index is 12.9. The summed E-state index contributed by atoms with van der Waals surface area (Å²) in [6.45, 7) is 1.39. The zero-order valence-electron chi connectivity index (χ0n) is 16.2. The molecule has 0 N–H and O–H groups in total. The lowest BCUT2D eigenvalue weighted by Crippen LogP contribution is -2.43. The van der Waals surface area contributed by atoms with Gasteiger partial charge in [-0.3, -0.25) is 14.9 Å². The number of hydrogen-bond acceptors (Lipinski definition) is 6. The van der Waals surface area contributed by atoms with Crippen LogP contribution in [0.25, 0.3) is 0 Å². The van der Waals surface area contributed by atoms with E-state index in [1.165, 1.54) is 21.3 Å². The van der Waals surface area contributed by atoms with E-state index in [4.69, 9.17) is 0 Å². The molecule has 10 heteroatoms. The quantitative estimate of drug-likeness (QED) is 0.542. The molecule has 1 unspecified atom stereocenters. The number of anilines is 1. The van der Waals surface area contributed by atoms with E-state index in [1.54, 1.807) is 19.0 Å². The van der Waals surface area contributed by atoms with E-state index in [0.29, 0.717) is 31.7 Å². The minimum absolute atomic E-state index is 0.0699. The standard InChI is InChI=1S/C18H26N4O5S/c1-19(2)18(23)16-7-6-12-21(16)15-9-8-14(13-17(15)22(24)25)28(26,27)20-10-4-3-5-11-20/h8-9,13,16H,3-7,10-12H2,1-2H3. The molecule has 9 nitrogen and oxygen atoms in total. The molecule has 1 atom stereocenters. The fraction of sp³-hybridized carbons (Fsp3) is 0.611. The van der Waals surface area contributed by atoms with Gasteiger partial charge in [-0.2, -0.15) is 4.31 Å². The summed E-state index contributed by atoms with van der Waals surface area (Å²) in [7, 11) is -0.458. The molecule has 1 aromatic rings. The second kappa shape index (κ2) is 8.04. The van der Waals surface area contributed by atoms with E-state index in [9.17, 15) is 23.3 Å². The summed E-state index contributed by atoms with van der Waals surface area (Å²) in [6.07, 6.45) is 3.93. The van der Waals surface area contributed by atoms with Crippen molar-refractivity contribution >= 4 is 27.3 Å². The lowest BCUT2D eigenvalue weighted by Gasteiger charge is -2.28. The Bertz CT molecular complexity index is 865. The zero-order valence-corrected chi connectivity index (χ0v) is 17.0. The molecular formula is C18H26N4O5S. The number of sulfonamides is 1. The maximum absolute atomic E-state index is 12.9. The summed E-state index contributed by atoms with van der Waals surface area (Å²) >= 11 is 0. The number of nitro groups is 1. The summed E-state index contributed by atoms with van der Waals surface area (Å²) < 4.78 is 27.2. The van der Waals surface area contributed by atoms with Crippen molar-refractivity contribution in [3.63, 3.8) is 0 Å². The summed E-state index contributed by atoms with van der Waals surface area (Å²) in [5.41, 5.74) is 0.0110. The van der Waals surface area contributed by atoms with Gasteiger partial charge in [0.15, 0.2) is 0 Å². The number of hydrogen-bond donors (Lipinski definition) is 0. The van der Waals surface area contributed by atoms with Crippen LogP contribution in [0.15, 0.2) is 23.1 Å². The van der Waals surface area contributed by atoms with Gasteiger partial charge in [-0.1, -0.05) is 6.42 Å². The van der Waals surface area contributed by atoms with Gasteiger partial charge in [-0.05, 0) is 37.8 Å². The summed E-state index contributed by atoms with van der Waals surface area (Å²) in [5.74, 6) is -0.114. The van der Waals surface area contributed by atoms with Crippen LogP contribution in [-0.2, 0) is 14.8 Å². The second-order valence-electron chi connectivity index (χ2n) is 7.46. The van der Waals surface area contributed by atoms with Crippen LogP contribution in [0, 0.1) is 10.1 Å². The number of nitrogens with zero attached hydrogens (tertiary/aromatic N) is 4. The average Bonchev–Trinajstić information content (AvgIpc) is 3.16. The van der Waals surface area contributed by atoms with E-state index >= 15 is 0 Å². The van der Waals surface area contributed by atoms with Gasteiger partial charge >= 0.3 is 0 Å². The van der Waals surface area contributed by atoms with Crippen LogP contribution in [0.4, 0.5) is 11.4 Å². The maximum Gasteiger partial charge on any atom is 0.293 e. The molecule has 0 bridgehead atoms. The molecule has 2 saturated heterocycles. The van der Waals surface area contributed by atoms with Crippen LogP contribution < -0.4 is 4.90 Å². The van der Waals surface area contributed by atoms with Crippen molar-refractivity contribution in [3.8, 4) is 0 Å². The van der Waals surface area contributed by atoms with Crippen molar-refractivity contribution in [2.24, 2.45) is 0 Å². The van der Waals surface area contributed by atoms with Gasteiger partial charge in [0.25, 0.3) is 5.69 Å². The number of benzene rings is 1. The van der Waals surface area contributed by atoms with Crippen LogP contribution in [-0.4, -0.2) is 68.2 Å². The first-order valence-corrected chi connectivity index (χ1v) is 10.9. The van der Waals surface area contributed by atoms with Crippen molar-refractivity contribution in [1.82, 2.24) is 9.21 Å². The normalized spacial score (nSPS) is 20.9. The number of rotatable bonds is 5. The Hall–Kier alpha value is -2.20. The smallest absolute Gasteiger partial charge is 0.293 e. The molecule has 0 aliphatic carbocycles. The van der Waals surface area contributed by atoms with Crippen molar-refractivity contribution in [2.75, 3.05) is 38.6 Å². The van der Waals surface area contributed by atoms with Crippen molar-refractivity contribution in [2.45, 2.75) is 43.0 Å². The van der Waals surface area contributed by atoms with Gasteiger partial charge in [0.1, 0.15) is 11.7 Å². The predicted octanol–water partition coefficient (Wildman–Crippen LogP) is 1.83. The van der Waals surface area contributed by atoms with Crippen molar-refractivity contribution in [3.05, 3.63) is 28.3 Å². The highest BCUT2D eigenvalue weighted by Gasteiger charge is 2.36. The number of carbonyl (C=O) groups is 1. The Balaban J connectivity index is 1.98. The van der Waals surface area contributed by atoms with Crippen LogP contribution in [0.5, 0.6) is 0 Å². The van der Waals surface area contributed by atoms with Gasteiger partial charge in [-0.15, -0.1) is 0 Å². The Morgan fingerprint density at radius 3 is 2.43 bits per heavy atom. The monoisotopic (exact) mass is 410 g/mol. The SMILES string of the molecule is CN(C)C(=O)C1CCCN1c1ccc(S(=O)(=O)N2CCCCC2)cc1[N+](=O)[O-]. The molecule has 2 heterocycles. The Morgan fingerprint density at radius 2 is 1.82 bits per heavy atom. The molecule has 2 fully saturated rings. The van der Waals surface area contributed by atoms with Crippen LogP contribution in [0.2, 0.25) is 0 Å². The van der Waals surface area contributed by atoms with E-state index in [1.807, 2.05) is 0 Å². The minimum Gasteiger partial charge on any atom is -0.354 e. The average molecular weight is 410 g/mol. The first-order chi connectivity index (χ1) is 13.2. The number of likely N-dealkylation sites (N-methyl/N-ethyl adjacent to an activating group) is 1. The molecule has 2 aliphatic heterocycles. The lowest BCUT2D eigenvalue weighted by molar-refractivity contribution is -0.384. The lowest BCUT2D eigenvalue weighted by atomic mass is 10.1. The van der Waals surface area contributed by atoms with E-state index in [2.05, 4.69) is 0 Å². The van der Waals surface area contributed by atoms with Gasteiger partial charge in [0.2, 0.25) is 15.9 Å². The molecule has 0 aromatic heterocycles. The molecule has 0 saturated carbocycles. The Kier molecular flexibility index (Phi) is 5.90. The Morgan fingerprint density at radius 1 is 1.14 bits per heavy atom. The second-order valence-corrected chi connectivity index (χ2v) is 9.39. The fourth-order valence-corrected chi connectivity index (χ4v) is 5.45. The van der Waals surface area contributed by atoms with Gasteiger partial charge in [-0.25, -0.2) is 8.42 Å². The summed E-state index contributed by atoms with van der Waals surface area (Å²) in [4.78, 5) is 26.7. The van der Waals surface area contributed by atoms with Crippen molar-refractivity contribution in [1.29, 1.82) is 0 Å². The van der Waals surface area contributed by atoms with E-state index < -0.39 is 21.0 Å². The number of carbonyl (C=O) groups excluding carboxylic acids is 1. The van der Waals surface area contributed by atoms with Gasteiger partial charge in [0.05, 0.1) is 9.82 Å². The molecule has 2 aliphatic rings. The molecule has 0 radical (unpaired) electrons. The molecular weight excluding hydrogens is 384 g/mol. The van der Waals surface area contributed by atoms with E-state index in [-0.39, 0.29) is 16.5 Å².